The summed E-state index contributed by atoms with van der Waals surface area (Å²) >= 11 is 2.33. The SMILES string of the molecule is Cc1ccc(N(C)CCC(=O)N(C)C)c(I)c1. The molecule has 4 heteroatoms. The minimum atomic E-state index is 0.166. The fourth-order valence-corrected chi connectivity index (χ4v) is 2.61. The Labute approximate surface area is 117 Å². The van der Waals surface area contributed by atoms with Gasteiger partial charge in [-0.2, -0.15) is 0 Å². The Morgan fingerprint density at radius 3 is 2.47 bits per heavy atom. The average molecular weight is 346 g/mol. The highest BCUT2D eigenvalue weighted by atomic mass is 127. The van der Waals surface area contributed by atoms with Crippen LogP contribution in [0, 0.1) is 10.5 Å². The van der Waals surface area contributed by atoms with Crippen LogP contribution in [0.2, 0.25) is 0 Å². The largest absolute Gasteiger partial charge is 0.373 e. The molecule has 0 aliphatic carbocycles. The smallest absolute Gasteiger partial charge is 0.223 e. The van der Waals surface area contributed by atoms with E-state index in [9.17, 15) is 4.79 Å². The van der Waals surface area contributed by atoms with Gasteiger partial charge in [0, 0.05) is 43.4 Å². The normalized spacial score (nSPS) is 10.2. The summed E-state index contributed by atoms with van der Waals surface area (Å²) in [6, 6.07) is 6.36. The van der Waals surface area contributed by atoms with Gasteiger partial charge >= 0.3 is 0 Å². The third-order valence-electron chi connectivity index (χ3n) is 2.67. The van der Waals surface area contributed by atoms with Gasteiger partial charge in [-0.25, -0.2) is 0 Å². The number of hydrogen-bond acceptors (Lipinski definition) is 2. The molecule has 3 nitrogen and oxygen atoms in total. The van der Waals surface area contributed by atoms with Crippen molar-refractivity contribution in [1.82, 2.24) is 4.90 Å². The Morgan fingerprint density at radius 2 is 1.94 bits per heavy atom. The van der Waals surface area contributed by atoms with Crippen molar-refractivity contribution >= 4 is 34.2 Å². The van der Waals surface area contributed by atoms with E-state index in [0.717, 1.165) is 6.54 Å². The summed E-state index contributed by atoms with van der Waals surface area (Å²) in [4.78, 5) is 15.3. The van der Waals surface area contributed by atoms with Crippen LogP contribution in [0.3, 0.4) is 0 Å². The summed E-state index contributed by atoms with van der Waals surface area (Å²) in [5.41, 5.74) is 2.44. The molecule has 94 valence electrons. The monoisotopic (exact) mass is 346 g/mol. The third kappa shape index (κ3) is 4.18. The van der Waals surface area contributed by atoms with Gasteiger partial charge in [0.2, 0.25) is 5.91 Å². The second-order valence-electron chi connectivity index (χ2n) is 4.41. The molecule has 0 aromatic heterocycles. The van der Waals surface area contributed by atoms with Gasteiger partial charge in [0.25, 0.3) is 0 Å². The lowest BCUT2D eigenvalue weighted by Crippen LogP contribution is -2.28. The quantitative estimate of drug-likeness (QED) is 0.783. The van der Waals surface area contributed by atoms with Gasteiger partial charge in [0.1, 0.15) is 0 Å². The van der Waals surface area contributed by atoms with Crippen LogP contribution in [0.25, 0.3) is 0 Å². The summed E-state index contributed by atoms with van der Waals surface area (Å²) < 4.78 is 1.22. The fraction of sp³-hybridized carbons (Fsp3) is 0.462. The fourth-order valence-electron chi connectivity index (χ4n) is 1.53. The summed E-state index contributed by atoms with van der Waals surface area (Å²) in [7, 11) is 5.60. The van der Waals surface area contributed by atoms with Crippen LogP contribution in [0.15, 0.2) is 18.2 Å². The first kappa shape index (κ1) is 14.3. The van der Waals surface area contributed by atoms with Gasteiger partial charge in [0.05, 0.1) is 0 Å². The molecule has 0 aliphatic heterocycles. The van der Waals surface area contributed by atoms with Crippen LogP contribution in [0.4, 0.5) is 5.69 Å². The van der Waals surface area contributed by atoms with Crippen LogP contribution in [0.1, 0.15) is 12.0 Å². The zero-order valence-corrected chi connectivity index (χ0v) is 13.0. The Morgan fingerprint density at radius 1 is 1.29 bits per heavy atom. The predicted octanol–water partition coefficient (Wildman–Crippen LogP) is 2.51. The molecule has 0 unspecified atom stereocenters. The number of carbonyl (C=O) groups excluding carboxylic acids is 1. The van der Waals surface area contributed by atoms with Crippen LogP contribution in [-0.2, 0) is 4.79 Å². The first-order valence-corrected chi connectivity index (χ1v) is 6.67. The lowest BCUT2D eigenvalue weighted by atomic mass is 10.2. The van der Waals surface area contributed by atoms with Crippen LogP contribution >= 0.6 is 22.6 Å². The van der Waals surface area contributed by atoms with E-state index in [0.29, 0.717) is 6.42 Å². The molecule has 1 amide bonds. The molecule has 0 atom stereocenters. The highest BCUT2D eigenvalue weighted by Gasteiger charge is 2.09. The number of hydrogen-bond donors (Lipinski definition) is 0. The van der Waals surface area contributed by atoms with E-state index in [4.69, 9.17) is 0 Å². The Balaban J connectivity index is 2.64. The van der Waals surface area contributed by atoms with Gasteiger partial charge in [0.15, 0.2) is 0 Å². The van der Waals surface area contributed by atoms with Gasteiger partial charge in [-0.15, -0.1) is 0 Å². The van der Waals surface area contributed by atoms with E-state index in [-0.39, 0.29) is 5.91 Å². The van der Waals surface area contributed by atoms with E-state index in [2.05, 4.69) is 52.6 Å². The summed E-state index contributed by atoms with van der Waals surface area (Å²) in [6.07, 6.45) is 0.549. The lowest BCUT2D eigenvalue weighted by Gasteiger charge is -2.21. The molecule has 0 fully saturated rings. The van der Waals surface area contributed by atoms with Crippen molar-refractivity contribution in [2.75, 3.05) is 32.6 Å². The van der Waals surface area contributed by atoms with Crippen LogP contribution in [-0.4, -0.2) is 38.5 Å². The number of benzene rings is 1. The molecule has 0 spiro atoms. The minimum absolute atomic E-state index is 0.166. The number of aryl methyl sites for hydroxylation is 1. The molecule has 1 aromatic carbocycles. The summed E-state index contributed by atoms with van der Waals surface area (Å²) in [5.74, 6) is 0.166. The number of carbonyl (C=O) groups is 1. The van der Waals surface area contributed by atoms with Gasteiger partial charge < -0.3 is 9.80 Å². The Bertz CT molecular complexity index is 404. The number of anilines is 1. The van der Waals surface area contributed by atoms with Crippen molar-refractivity contribution in [1.29, 1.82) is 0 Å². The highest BCUT2D eigenvalue weighted by molar-refractivity contribution is 14.1. The number of rotatable bonds is 4. The van der Waals surface area contributed by atoms with E-state index >= 15 is 0 Å². The van der Waals surface area contributed by atoms with Crippen molar-refractivity contribution in [3.8, 4) is 0 Å². The molecule has 0 N–H and O–H groups in total. The highest BCUT2D eigenvalue weighted by Crippen LogP contribution is 2.22. The molecule has 0 bridgehead atoms. The van der Waals surface area contributed by atoms with Gasteiger partial charge in [-0.05, 0) is 47.2 Å². The molecular formula is C13H19IN2O. The van der Waals surface area contributed by atoms with Crippen molar-refractivity contribution < 1.29 is 4.79 Å². The van der Waals surface area contributed by atoms with E-state index in [1.165, 1.54) is 14.8 Å². The van der Waals surface area contributed by atoms with E-state index in [1.807, 2.05) is 7.05 Å². The van der Waals surface area contributed by atoms with Crippen molar-refractivity contribution in [2.24, 2.45) is 0 Å². The molecule has 17 heavy (non-hydrogen) atoms. The summed E-state index contributed by atoms with van der Waals surface area (Å²) in [6.45, 7) is 2.83. The maximum Gasteiger partial charge on any atom is 0.223 e. The topological polar surface area (TPSA) is 23.6 Å². The molecule has 1 aromatic rings. The van der Waals surface area contributed by atoms with Gasteiger partial charge in [-0.1, -0.05) is 6.07 Å². The standard InChI is InChI=1S/C13H19IN2O/c1-10-5-6-12(11(14)9-10)16(4)8-7-13(17)15(2)3/h5-6,9H,7-8H2,1-4H3. The number of amides is 1. The van der Waals surface area contributed by atoms with Crippen molar-refractivity contribution in [2.45, 2.75) is 13.3 Å². The predicted molar refractivity (Wildman–Crippen MR) is 80.5 cm³/mol. The zero-order valence-electron chi connectivity index (χ0n) is 10.8. The summed E-state index contributed by atoms with van der Waals surface area (Å²) in [5, 5.41) is 0. The number of halogens is 1. The molecule has 0 radical (unpaired) electrons. The Hall–Kier alpha value is -0.780. The second kappa shape index (κ2) is 6.23. The molecule has 0 saturated heterocycles. The number of nitrogens with zero attached hydrogens (tertiary/aromatic N) is 2. The Kier molecular flexibility index (Phi) is 5.24. The van der Waals surface area contributed by atoms with Crippen molar-refractivity contribution in [3.63, 3.8) is 0 Å². The first-order valence-electron chi connectivity index (χ1n) is 5.59. The molecular weight excluding hydrogens is 327 g/mol. The van der Waals surface area contributed by atoms with Gasteiger partial charge in [-0.3, -0.25) is 4.79 Å². The maximum absolute atomic E-state index is 11.5. The molecule has 0 saturated carbocycles. The molecule has 1 rings (SSSR count). The lowest BCUT2D eigenvalue weighted by molar-refractivity contribution is -0.128. The van der Waals surface area contributed by atoms with Crippen LogP contribution in [0.5, 0.6) is 0 Å². The third-order valence-corrected chi connectivity index (χ3v) is 3.54. The molecule has 0 aliphatic rings. The maximum atomic E-state index is 11.5. The van der Waals surface area contributed by atoms with E-state index in [1.54, 1.807) is 19.0 Å². The van der Waals surface area contributed by atoms with Crippen molar-refractivity contribution in [3.05, 3.63) is 27.3 Å². The zero-order chi connectivity index (χ0) is 13.0. The second-order valence-corrected chi connectivity index (χ2v) is 5.58. The van der Waals surface area contributed by atoms with Crippen LogP contribution < -0.4 is 4.90 Å². The average Bonchev–Trinajstić information content (AvgIpc) is 2.25. The van der Waals surface area contributed by atoms with E-state index < -0.39 is 0 Å². The molecule has 0 heterocycles. The first-order chi connectivity index (χ1) is 7.91. The minimum Gasteiger partial charge on any atom is -0.373 e.